The lowest BCUT2D eigenvalue weighted by atomic mass is 9.97. The molecule has 0 saturated heterocycles. The third kappa shape index (κ3) is 1.98. The molecule has 1 unspecified atom stereocenters. The lowest BCUT2D eigenvalue weighted by molar-refractivity contribution is 0.363. The number of aromatic nitrogens is 2. The van der Waals surface area contributed by atoms with Crippen molar-refractivity contribution in [1.29, 1.82) is 0 Å². The van der Waals surface area contributed by atoms with Crippen molar-refractivity contribution in [1.82, 2.24) is 10.1 Å². The van der Waals surface area contributed by atoms with Crippen LogP contribution >= 0.6 is 0 Å². The van der Waals surface area contributed by atoms with E-state index in [0.29, 0.717) is 5.89 Å². The summed E-state index contributed by atoms with van der Waals surface area (Å²) in [6.07, 6.45) is 0.908. The standard InChI is InChI=1S/C11H13N3O/c1-2-9(8-6-4-3-5-7-8)10-13-11(12)14-15-10/h3-7,9H,2H2,1H3,(H2,12,14). The Labute approximate surface area is 88.1 Å². The van der Waals surface area contributed by atoms with Gasteiger partial charge in [0, 0.05) is 0 Å². The largest absolute Gasteiger partial charge is 0.365 e. The van der Waals surface area contributed by atoms with E-state index in [9.17, 15) is 0 Å². The summed E-state index contributed by atoms with van der Waals surface area (Å²) in [4.78, 5) is 4.06. The molecule has 1 aromatic carbocycles. The summed E-state index contributed by atoms with van der Waals surface area (Å²) in [5.74, 6) is 0.914. The Morgan fingerprint density at radius 3 is 2.60 bits per heavy atom. The van der Waals surface area contributed by atoms with E-state index in [0.717, 1.165) is 6.42 Å². The molecule has 0 saturated carbocycles. The first kappa shape index (κ1) is 9.71. The van der Waals surface area contributed by atoms with Crippen LogP contribution < -0.4 is 5.73 Å². The molecule has 78 valence electrons. The van der Waals surface area contributed by atoms with E-state index >= 15 is 0 Å². The molecule has 0 aliphatic heterocycles. The highest BCUT2D eigenvalue weighted by molar-refractivity contribution is 5.25. The summed E-state index contributed by atoms with van der Waals surface area (Å²) in [6.45, 7) is 2.08. The molecule has 0 bridgehead atoms. The van der Waals surface area contributed by atoms with Crippen LogP contribution in [0.2, 0.25) is 0 Å². The van der Waals surface area contributed by atoms with Crippen LogP contribution in [0.25, 0.3) is 0 Å². The average Bonchev–Trinajstić information content (AvgIpc) is 2.68. The Morgan fingerprint density at radius 2 is 2.07 bits per heavy atom. The number of nitrogens with two attached hydrogens (primary N) is 1. The molecule has 2 N–H and O–H groups in total. The molecule has 0 radical (unpaired) electrons. The van der Waals surface area contributed by atoms with Crippen molar-refractivity contribution in [2.45, 2.75) is 19.3 Å². The fourth-order valence-electron chi connectivity index (χ4n) is 1.63. The lowest BCUT2D eigenvalue weighted by Gasteiger charge is -2.09. The van der Waals surface area contributed by atoms with E-state index in [2.05, 4.69) is 29.2 Å². The molecule has 0 aliphatic rings. The van der Waals surface area contributed by atoms with Gasteiger partial charge in [-0.1, -0.05) is 37.3 Å². The second kappa shape index (κ2) is 4.13. The number of benzene rings is 1. The lowest BCUT2D eigenvalue weighted by Crippen LogP contribution is -2.00. The first-order chi connectivity index (χ1) is 7.31. The van der Waals surface area contributed by atoms with Gasteiger partial charge in [-0.05, 0) is 17.1 Å². The van der Waals surface area contributed by atoms with Crippen molar-refractivity contribution in [3.63, 3.8) is 0 Å². The molecule has 15 heavy (non-hydrogen) atoms. The SMILES string of the molecule is CCC(c1ccccc1)c1nc(N)no1. The fraction of sp³-hybridized carbons (Fsp3) is 0.273. The van der Waals surface area contributed by atoms with Gasteiger partial charge in [-0.3, -0.25) is 0 Å². The van der Waals surface area contributed by atoms with E-state index in [1.165, 1.54) is 5.56 Å². The van der Waals surface area contributed by atoms with Crippen LogP contribution in [0.1, 0.15) is 30.7 Å². The molecule has 0 amide bonds. The molecule has 4 nitrogen and oxygen atoms in total. The Kier molecular flexibility index (Phi) is 2.67. The van der Waals surface area contributed by atoms with Crippen LogP contribution in [-0.2, 0) is 0 Å². The van der Waals surface area contributed by atoms with E-state index in [1.54, 1.807) is 0 Å². The monoisotopic (exact) mass is 203 g/mol. The average molecular weight is 203 g/mol. The second-order valence-electron chi connectivity index (χ2n) is 3.36. The quantitative estimate of drug-likeness (QED) is 0.830. The van der Waals surface area contributed by atoms with Crippen LogP contribution in [0.4, 0.5) is 5.95 Å². The summed E-state index contributed by atoms with van der Waals surface area (Å²) in [7, 11) is 0. The maximum absolute atomic E-state index is 5.43. The van der Waals surface area contributed by atoms with Crippen molar-refractivity contribution in [2.24, 2.45) is 0 Å². The molecule has 0 fully saturated rings. The van der Waals surface area contributed by atoms with Crippen LogP contribution in [0.3, 0.4) is 0 Å². The first-order valence-corrected chi connectivity index (χ1v) is 4.95. The minimum absolute atomic E-state index is 0.135. The molecule has 4 heteroatoms. The fourth-order valence-corrected chi connectivity index (χ4v) is 1.63. The highest BCUT2D eigenvalue weighted by atomic mass is 16.5. The maximum atomic E-state index is 5.43. The van der Waals surface area contributed by atoms with Crippen molar-refractivity contribution in [3.05, 3.63) is 41.8 Å². The molecule has 1 atom stereocenters. The normalized spacial score (nSPS) is 12.6. The van der Waals surface area contributed by atoms with Crippen molar-refractivity contribution >= 4 is 5.95 Å². The van der Waals surface area contributed by atoms with Crippen molar-refractivity contribution < 1.29 is 4.52 Å². The van der Waals surface area contributed by atoms with Gasteiger partial charge in [-0.2, -0.15) is 4.98 Å². The summed E-state index contributed by atoms with van der Waals surface area (Å²) in [5, 5.41) is 3.60. The van der Waals surface area contributed by atoms with Gasteiger partial charge in [0.05, 0.1) is 5.92 Å². The number of nitrogen functional groups attached to an aromatic ring is 1. The number of rotatable bonds is 3. The zero-order valence-electron chi connectivity index (χ0n) is 8.55. The molecule has 2 rings (SSSR count). The number of hydrogen-bond acceptors (Lipinski definition) is 4. The first-order valence-electron chi connectivity index (χ1n) is 4.95. The zero-order chi connectivity index (χ0) is 10.7. The van der Waals surface area contributed by atoms with Gasteiger partial charge >= 0.3 is 0 Å². The van der Waals surface area contributed by atoms with Gasteiger partial charge in [0.25, 0.3) is 5.95 Å². The number of anilines is 1. The summed E-state index contributed by atoms with van der Waals surface area (Å²) >= 11 is 0. The van der Waals surface area contributed by atoms with Crippen molar-refractivity contribution in [3.8, 4) is 0 Å². The van der Waals surface area contributed by atoms with Crippen LogP contribution in [-0.4, -0.2) is 10.1 Å². The predicted molar refractivity (Wildman–Crippen MR) is 57.3 cm³/mol. The Hall–Kier alpha value is -1.84. The molecule has 0 spiro atoms. The van der Waals surface area contributed by atoms with E-state index in [1.807, 2.05) is 18.2 Å². The van der Waals surface area contributed by atoms with E-state index < -0.39 is 0 Å². The molecular weight excluding hydrogens is 190 g/mol. The van der Waals surface area contributed by atoms with Crippen molar-refractivity contribution in [2.75, 3.05) is 5.73 Å². The van der Waals surface area contributed by atoms with Crippen LogP contribution in [0, 0.1) is 0 Å². The van der Waals surface area contributed by atoms with Gasteiger partial charge in [-0.25, -0.2) is 0 Å². The Balaban J connectivity index is 2.33. The summed E-state index contributed by atoms with van der Waals surface area (Å²) in [5.41, 5.74) is 6.60. The molecule has 2 aromatic rings. The molecule has 1 aromatic heterocycles. The summed E-state index contributed by atoms with van der Waals surface area (Å²) in [6, 6.07) is 10.1. The molecule has 1 heterocycles. The molecular formula is C11H13N3O. The summed E-state index contributed by atoms with van der Waals surface area (Å²) < 4.78 is 5.09. The van der Waals surface area contributed by atoms with Gasteiger partial charge in [0.2, 0.25) is 5.89 Å². The molecule has 0 aliphatic carbocycles. The Morgan fingerprint density at radius 1 is 1.33 bits per heavy atom. The van der Waals surface area contributed by atoms with Gasteiger partial charge in [0.1, 0.15) is 0 Å². The van der Waals surface area contributed by atoms with Gasteiger partial charge in [0.15, 0.2) is 0 Å². The maximum Gasteiger partial charge on any atom is 0.260 e. The highest BCUT2D eigenvalue weighted by Gasteiger charge is 2.18. The third-order valence-electron chi connectivity index (χ3n) is 2.37. The topological polar surface area (TPSA) is 64.9 Å². The number of nitrogens with zero attached hydrogens (tertiary/aromatic N) is 2. The third-order valence-corrected chi connectivity index (χ3v) is 2.37. The smallest absolute Gasteiger partial charge is 0.260 e. The van der Waals surface area contributed by atoms with E-state index in [4.69, 9.17) is 10.3 Å². The highest BCUT2D eigenvalue weighted by Crippen LogP contribution is 2.26. The van der Waals surface area contributed by atoms with Gasteiger partial charge in [-0.15, -0.1) is 0 Å². The van der Waals surface area contributed by atoms with Crippen LogP contribution in [0.5, 0.6) is 0 Å². The second-order valence-corrected chi connectivity index (χ2v) is 3.36. The van der Waals surface area contributed by atoms with Gasteiger partial charge < -0.3 is 10.3 Å². The minimum Gasteiger partial charge on any atom is -0.365 e. The van der Waals surface area contributed by atoms with E-state index in [-0.39, 0.29) is 11.9 Å². The number of hydrogen-bond donors (Lipinski definition) is 1. The zero-order valence-corrected chi connectivity index (χ0v) is 8.55. The predicted octanol–water partition coefficient (Wildman–Crippen LogP) is 2.19. The Bertz CT molecular complexity index is 424. The minimum atomic E-state index is 0.135. The van der Waals surface area contributed by atoms with Crippen LogP contribution in [0.15, 0.2) is 34.9 Å².